The Morgan fingerprint density at radius 2 is 2.00 bits per heavy atom. The van der Waals surface area contributed by atoms with Crippen molar-refractivity contribution < 1.29 is 4.79 Å². The van der Waals surface area contributed by atoms with Crippen molar-refractivity contribution in [2.45, 2.75) is 25.4 Å². The van der Waals surface area contributed by atoms with Crippen molar-refractivity contribution in [1.82, 2.24) is 15.5 Å². The van der Waals surface area contributed by atoms with Crippen LogP contribution in [0.15, 0.2) is 41.4 Å². The Balaban J connectivity index is 0.00000312. The number of hydrogen-bond donors (Lipinski definition) is 3. The van der Waals surface area contributed by atoms with Crippen LogP contribution in [0.3, 0.4) is 0 Å². The highest BCUT2D eigenvalue weighted by Crippen LogP contribution is 2.11. The standard InChI is InChI=1S/C18H27N5O.HI/c1-19-18(22-15-8-4-5-9-15)20-12-14-7-6-10-16(11-14)21-17(24)13-23(2)3;/h4-7,10-11,15H,8-9,12-13H2,1-3H3,(H,21,24)(H2,19,20,22);1H. The van der Waals surface area contributed by atoms with Crippen LogP contribution in [0.4, 0.5) is 5.69 Å². The number of carbonyl (C=O) groups is 1. The van der Waals surface area contributed by atoms with Gasteiger partial charge < -0.3 is 20.9 Å². The summed E-state index contributed by atoms with van der Waals surface area (Å²) < 4.78 is 0. The molecule has 3 N–H and O–H groups in total. The summed E-state index contributed by atoms with van der Waals surface area (Å²) in [4.78, 5) is 17.9. The van der Waals surface area contributed by atoms with Gasteiger partial charge in [0.25, 0.3) is 0 Å². The van der Waals surface area contributed by atoms with Crippen LogP contribution in [-0.4, -0.2) is 50.5 Å². The predicted molar refractivity (Wildman–Crippen MR) is 115 cm³/mol. The molecule has 0 radical (unpaired) electrons. The number of nitrogens with zero attached hydrogens (tertiary/aromatic N) is 2. The van der Waals surface area contributed by atoms with E-state index in [0.717, 1.165) is 30.1 Å². The normalized spacial score (nSPS) is 14.3. The zero-order valence-corrected chi connectivity index (χ0v) is 17.4. The molecule has 0 aliphatic heterocycles. The lowest BCUT2D eigenvalue weighted by Crippen LogP contribution is -2.42. The average molecular weight is 457 g/mol. The third kappa shape index (κ3) is 7.87. The van der Waals surface area contributed by atoms with Crippen molar-refractivity contribution in [3.05, 3.63) is 42.0 Å². The number of benzene rings is 1. The van der Waals surface area contributed by atoms with E-state index in [4.69, 9.17) is 0 Å². The van der Waals surface area contributed by atoms with Crippen LogP contribution in [0.1, 0.15) is 18.4 Å². The maximum Gasteiger partial charge on any atom is 0.238 e. The number of halogens is 1. The molecule has 0 spiro atoms. The van der Waals surface area contributed by atoms with Crippen molar-refractivity contribution >= 4 is 41.5 Å². The van der Waals surface area contributed by atoms with E-state index in [0.29, 0.717) is 19.1 Å². The van der Waals surface area contributed by atoms with Crippen molar-refractivity contribution in [1.29, 1.82) is 0 Å². The molecule has 0 aromatic heterocycles. The molecule has 25 heavy (non-hydrogen) atoms. The molecule has 0 saturated carbocycles. The zero-order chi connectivity index (χ0) is 17.4. The first-order valence-electron chi connectivity index (χ1n) is 8.22. The Bertz CT molecular complexity index is 607. The van der Waals surface area contributed by atoms with Gasteiger partial charge >= 0.3 is 0 Å². The molecule has 0 saturated heterocycles. The quantitative estimate of drug-likeness (QED) is 0.265. The van der Waals surface area contributed by atoms with E-state index in [1.54, 1.807) is 7.05 Å². The first-order valence-corrected chi connectivity index (χ1v) is 8.22. The summed E-state index contributed by atoms with van der Waals surface area (Å²) in [5, 5.41) is 9.63. The summed E-state index contributed by atoms with van der Waals surface area (Å²) in [5.74, 6) is 0.780. The molecule has 1 aliphatic carbocycles. The van der Waals surface area contributed by atoms with Crippen LogP contribution in [0.25, 0.3) is 0 Å². The number of aliphatic imine (C=N–C) groups is 1. The van der Waals surface area contributed by atoms with Crippen LogP contribution in [0, 0.1) is 0 Å². The second kappa shape index (κ2) is 11.1. The third-order valence-electron chi connectivity index (χ3n) is 3.70. The summed E-state index contributed by atoms with van der Waals surface area (Å²) in [5.41, 5.74) is 1.90. The lowest BCUT2D eigenvalue weighted by atomic mass is 10.2. The van der Waals surface area contributed by atoms with Crippen molar-refractivity contribution in [2.75, 3.05) is 33.0 Å². The number of hydrogen-bond acceptors (Lipinski definition) is 3. The summed E-state index contributed by atoms with van der Waals surface area (Å²) in [6.07, 6.45) is 6.44. The Kier molecular flexibility index (Phi) is 9.51. The molecule has 0 fully saturated rings. The van der Waals surface area contributed by atoms with Gasteiger partial charge in [-0.3, -0.25) is 9.79 Å². The molecule has 0 atom stereocenters. The van der Waals surface area contributed by atoms with Crippen LogP contribution >= 0.6 is 24.0 Å². The van der Waals surface area contributed by atoms with Gasteiger partial charge in [0.05, 0.1) is 6.54 Å². The third-order valence-corrected chi connectivity index (χ3v) is 3.70. The minimum atomic E-state index is -0.0173. The highest BCUT2D eigenvalue weighted by atomic mass is 127. The first-order chi connectivity index (χ1) is 11.6. The Morgan fingerprint density at radius 1 is 1.28 bits per heavy atom. The van der Waals surface area contributed by atoms with E-state index in [2.05, 4.69) is 33.1 Å². The second-order valence-corrected chi connectivity index (χ2v) is 6.20. The molecule has 1 amide bonds. The maximum absolute atomic E-state index is 11.8. The fraction of sp³-hybridized carbons (Fsp3) is 0.444. The van der Waals surface area contributed by atoms with Crippen LogP contribution < -0.4 is 16.0 Å². The first kappa shape index (κ1) is 21.4. The fourth-order valence-electron chi connectivity index (χ4n) is 2.56. The molecule has 138 valence electrons. The molecule has 0 unspecified atom stereocenters. The summed E-state index contributed by atoms with van der Waals surface area (Å²) >= 11 is 0. The lowest BCUT2D eigenvalue weighted by Gasteiger charge is -2.17. The summed E-state index contributed by atoms with van der Waals surface area (Å²) in [7, 11) is 5.52. The van der Waals surface area contributed by atoms with E-state index in [1.165, 1.54) is 0 Å². The number of amides is 1. The number of carbonyl (C=O) groups excluding carboxylic acids is 1. The van der Waals surface area contributed by atoms with Crippen molar-refractivity contribution in [3.8, 4) is 0 Å². The minimum Gasteiger partial charge on any atom is -0.353 e. The van der Waals surface area contributed by atoms with Gasteiger partial charge in [0.15, 0.2) is 5.96 Å². The molecule has 1 aliphatic rings. The van der Waals surface area contributed by atoms with Gasteiger partial charge in [-0.1, -0.05) is 24.3 Å². The van der Waals surface area contributed by atoms with Crippen LogP contribution in [0.5, 0.6) is 0 Å². The molecule has 7 heteroatoms. The Hall–Kier alpha value is -1.61. The van der Waals surface area contributed by atoms with Crippen LogP contribution in [0.2, 0.25) is 0 Å². The topological polar surface area (TPSA) is 68.8 Å². The van der Waals surface area contributed by atoms with E-state index in [9.17, 15) is 4.79 Å². The number of rotatable bonds is 6. The van der Waals surface area contributed by atoms with Gasteiger partial charge in [0, 0.05) is 25.3 Å². The van der Waals surface area contributed by atoms with E-state index >= 15 is 0 Å². The molecular formula is C18H28IN5O. The monoisotopic (exact) mass is 457 g/mol. The lowest BCUT2D eigenvalue weighted by molar-refractivity contribution is -0.116. The highest BCUT2D eigenvalue weighted by Gasteiger charge is 2.11. The smallest absolute Gasteiger partial charge is 0.238 e. The van der Waals surface area contributed by atoms with Gasteiger partial charge in [0.1, 0.15) is 0 Å². The molecule has 1 aromatic rings. The maximum atomic E-state index is 11.8. The highest BCUT2D eigenvalue weighted by molar-refractivity contribution is 14.0. The van der Waals surface area contributed by atoms with Gasteiger partial charge in [-0.15, -0.1) is 24.0 Å². The number of anilines is 1. The van der Waals surface area contributed by atoms with Gasteiger partial charge in [-0.05, 0) is 44.6 Å². The minimum absolute atomic E-state index is 0. The van der Waals surface area contributed by atoms with E-state index in [-0.39, 0.29) is 29.9 Å². The molecule has 2 rings (SSSR count). The second-order valence-electron chi connectivity index (χ2n) is 6.20. The summed E-state index contributed by atoms with van der Waals surface area (Å²) in [6.45, 7) is 1.02. The number of nitrogens with one attached hydrogen (secondary N) is 3. The molecular weight excluding hydrogens is 429 g/mol. The van der Waals surface area contributed by atoms with E-state index < -0.39 is 0 Å². The Labute approximate surface area is 167 Å². The largest absolute Gasteiger partial charge is 0.353 e. The molecule has 0 heterocycles. The Morgan fingerprint density at radius 3 is 2.64 bits per heavy atom. The van der Waals surface area contributed by atoms with Gasteiger partial charge in [-0.25, -0.2) is 0 Å². The zero-order valence-electron chi connectivity index (χ0n) is 15.1. The van der Waals surface area contributed by atoms with Gasteiger partial charge in [-0.2, -0.15) is 0 Å². The molecule has 1 aromatic carbocycles. The summed E-state index contributed by atoms with van der Waals surface area (Å²) in [6, 6.07) is 8.27. The molecule has 0 bridgehead atoms. The molecule has 6 nitrogen and oxygen atoms in total. The van der Waals surface area contributed by atoms with Crippen molar-refractivity contribution in [3.63, 3.8) is 0 Å². The average Bonchev–Trinajstić information content (AvgIpc) is 3.04. The fourth-order valence-corrected chi connectivity index (χ4v) is 2.56. The number of likely N-dealkylation sites (N-methyl/N-ethyl adjacent to an activating group) is 1. The van der Waals surface area contributed by atoms with E-state index in [1.807, 2.05) is 43.3 Å². The predicted octanol–water partition coefficient (Wildman–Crippen LogP) is 2.19. The van der Waals surface area contributed by atoms with Gasteiger partial charge in [0.2, 0.25) is 5.91 Å². The van der Waals surface area contributed by atoms with Crippen molar-refractivity contribution in [2.24, 2.45) is 4.99 Å². The SMILES string of the molecule is CN=C(NCc1cccc(NC(=O)CN(C)C)c1)NC1CC=CC1.I. The number of guanidine groups is 1. The van der Waals surface area contributed by atoms with Crippen LogP contribution in [-0.2, 0) is 11.3 Å².